The molecule has 1 aliphatic rings. The Hall–Kier alpha value is -1.16. The lowest BCUT2D eigenvalue weighted by atomic mass is 9.80. The Bertz CT molecular complexity index is 364. The van der Waals surface area contributed by atoms with Crippen molar-refractivity contribution in [2.75, 3.05) is 11.9 Å². The second kappa shape index (κ2) is 3.77. The van der Waals surface area contributed by atoms with Crippen LogP contribution >= 0.6 is 0 Å². The Morgan fingerprint density at radius 3 is 2.60 bits per heavy atom. The summed E-state index contributed by atoms with van der Waals surface area (Å²) in [6, 6.07) is 3.36. The van der Waals surface area contributed by atoms with E-state index in [1.807, 2.05) is 0 Å². The molecule has 0 radical (unpaired) electrons. The number of nitrogens with one attached hydrogen (secondary N) is 1. The van der Waals surface area contributed by atoms with Crippen molar-refractivity contribution in [1.82, 2.24) is 0 Å². The summed E-state index contributed by atoms with van der Waals surface area (Å²) in [6.07, 6.45) is 2.48. The second-order valence-electron chi connectivity index (χ2n) is 4.06. The van der Waals surface area contributed by atoms with Crippen LogP contribution in [0.25, 0.3) is 0 Å². The number of anilines is 1. The van der Waals surface area contributed by atoms with Crippen molar-refractivity contribution in [3.63, 3.8) is 0 Å². The molecule has 0 bridgehead atoms. The van der Waals surface area contributed by atoms with Crippen LogP contribution in [0.5, 0.6) is 0 Å². The normalized spacial score (nSPS) is 18.3. The molecule has 2 N–H and O–H groups in total. The summed E-state index contributed by atoms with van der Waals surface area (Å²) in [6.45, 7) is 0.315. The molecule has 15 heavy (non-hydrogen) atoms. The molecule has 0 unspecified atom stereocenters. The molecule has 4 heteroatoms. The quantitative estimate of drug-likeness (QED) is 0.807. The first kappa shape index (κ1) is 10.4. The number of benzene rings is 1. The molecular weight excluding hydrogens is 200 g/mol. The Labute approximate surface area is 86.9 Å². The average molecular weight is 213 g/mol. The Balaban J connectivity index is 1.98. The summed E-state index contributed by atoms with van der Waals surface area (Å²) >= 11 is 0. The van der Waals surface area contributed by atoms with Crippen LogP contribution < -0.4 is 5.32 Å². The molecule has 1 aromatic carbocycles. The highest BCUT2D eigenvalue weighted by Gasteiger charge is 2.34. The zero-order valence-corrected chi connectivity index (χ0v) is 8.26. The van der Waals surface area contributed by atoms with E-state index in [2.05, 4.69) is 5.32 Å². The summed E-state index contributed by atoms with van der Waals surface area (Å²) < 4.78 is 25.7. The molecule has 1 fully saturated rings. The van der Waals surface area contributed by atoms with E-state index < -0.39 is 17.2 Å². The smallest absolute Gasteiger partial charge is 0.149 e. The molecule has 0 amide bonds. The zero-order valence-electron chi connectivity index (χ0n) is 8.26. The zero-order chi connectivity index (χ0) is 10.9. The van der Waals surface area contributed by atoms with Crippen LogP contribution in [0.1, 0.15) is 19.3 Å². The molecular formula is C11H13F2NO. The van der Waals surface area contributed by atoms with E-state index >= 15 is 0 Å². The number of hydrogen-bond acceptors (Lipinski definition) is 2. The lowest BCUT2D eigenvalue weighted by molar-refractivity contribution is -0.0202. The van der Waals surface area contributed by atoms with Gasteiger partial charge < -0.3 is 10.4 Å². The van der Waals surface area contributed by atoms with E-state index in [-0.39, 0.29) is 5.69 Å². The van der Waals surface area contributed by atoms with E-state index in [0.717, 1.165) is 25.3 Å². The fraction of sp³-hybridized carbons (Fsp3) is 0.455. The number of aliphatic hydroxyl groups is 1. The summed E-state index contributed by atoms with van der Waals surface area (Å²) in [5.41, 5.74) is -0.474. The molecule has 82 valence electrons. The molecule has 2 nitrogen and oxygen atoms in total. The largest absolute Gasteiger partial charge is 0.388 e. The van der Waals surface area contributed by atoms with Gasteiger partial charge in [-0.1, -0.05) is 0 Å². The van der Waals surface area contributed by atoms with Crippen molar-refractivity contribution in [2.24, 2.45) is 0 Å². The SMILES string of the molecule is OC1(CNc2ccc(F)cc2F)CCC1. The molecule has 0 aromatic heterocycles. The molecule has 2 rings (SSSR count). The van der Waals surface area contributed by atoms with Crippen LogP contribution in [-0.2, 0) is 0 Å². The van der Waals surface area contributed by atoms with Gasteiger partial charge in [-0.05, 0) is 31.4 Å². The lowest BCUT2D eigenvalue weighted by Gasteiger charge is -2.36. The molecule has 0 heterocycles. The fourth-order valence-corrected chi connectivity index (χ4v) is 1.65. The van der Waals surface area contributed by atoms with Gasteiger partial charge in [0.1, 0.15) is 11.6 Å². The van der Waals surface area contributed by atoms with Gasteiger partial charge in [0.25, 0.3) is 0 Å². The third-order valence-corrected chi connectivity index (χ3v) is 2.82. The van der Waals surface area contributed by atoms with Gasteiger partial charge in [-0.15, -0.1) is 0 Å². The maximum absolute atomic E-state index is 13.2. The Kier molecular flexibility index (Phi) is 2.61. The van der Waals surface area contributed by atoms with Gasteiger partial charge in [-0.3, -0.25) is 0 Å². The highest BCUT2D eigenvalue weighted by molar-refractivity contribution is 5.45. The van der Waals surface area contributed by atoms with Crippen LogP contribution in [0.3, 0.4) is 0 Å². The van der Waals surface area contributed by atoms with Crippen molar-refractivity contribution in [3.05, 3.63) is 29.8 Å². The first-order chi connectivity index (χ1) is 7.09. The third-order valence-electron chi connectivity index (χ3n) is 2.82. The summed E-state index contributed by atoms with van der Waals surface area (Å²) in [5.74, 6) is -1.22. The first-order valence-corrected chi connectivity index (χ1v) is 5.00. The van der Waals surface area contributed by atoms with Gasteiger partial charge in [0.2, 0.25) is 0 Å². The average Bonchev–Trinajstić information content (AvgIpc) is 2.14. The van der Waals surface area contributed by atoms with Crippen molar-refractivity contribution in [3.8, 4) is 0 Å². The van der Waals surface area contributed by atoms with Crippen molar-refractivity contribution >= 4 is 5.69 Å². The molecule has 0 aliphatic heterocycles. The predicted molar refractivity (Wildman–Crippen MR) is 53.6 cm³/mol. The van der Waals surface area contributed by atoms with Crippen LogP contribution in [0.4, 0.5) is 14.5 Å². The molecule has 1 aromatic rings. The summed E-state index contributed by atoms with van der Waals surface area (Å²) in [4.78, 5) is 0. The van der Waals surface area contributed by atoms with Gasteiger partial charge in [0, 0.05) is 12.6 Å². The maximum atomic E-state index is 13.2. The predicted octanol–water partition coefficient (Wildman–Crippen LogP) is 2.29. The topological polar surface area (TPSA) is 32.3 Å². The van der Waals surface area contributed by atoms with Gasteiger partial charge in [-0.2, -0.15) is 0 Å². The van der Waals surface area contributed by atoms with E-state index in [1.54, 1.807) is 0 Å². The molecule has 0 spiro atoms. The summed E-state index contributed by atoms with van der Waals surface area (Å²) in [5, 5.41) is 12.5. The number of halogens is 2. The van der Waals surface area contributed by atoms with Crippen LogP contribution in [0.2, 0.25) is 0 Å². The third kappa shape index (κ3) is 2.26. The Morgan fingerprint density at radius 1 is 1.33 bits per heavy atom. The van der Waals surface area contributed by atoms with Crippen molar-refractivity contribution in [1.29, 1.82) is 0 Å². The second-order valence-corrected chi connectivity index (χ2v) is 4.06. The van der Waals surface area contributed by atoms with Crippen molar-refractivity contribution in [2.45, 2.75) is 24.9 Å². The minimum atomic E-state index is -0.708. The van der Waals surface area contributed by atoms with Crippen LogP contribution in [0.15, 0.2) is 18.2 Å². The highest BCUT2D eigenvalue weighted by atomic mass is 19.1. The van der Waals surface area contributed by atoms with E-state index in [9.17, 15) is 13.9 Å². The van der Waals surface area contributed by atoms with Gasteiger partial charge in [0.05, 0.1) is 11.3 Å². The maximum Gasteiger partial charge on any atom is 0.149 e. The van der Waals surface area contributed by atoms with Crippen LogP contribution in [-0.4, -0.2) is 17.3 Å². The molecule has 1 aliphatic carbocycles. The monoisotopic (exact) mass is 213 g/mol. The van der Waals surface area contributed by atoms with Gasteiger partial charge >= 0.3 is 0 Å². The minimum absolute atomic E-state index is 0.233. The van der Waals surface area contributed by atoms with E-state index in [0.29, 0.717) is 6.54 Å². The standard InChI is InChI=1S/C11H13F2NO/c12-8-2-3-10(9(13)6-8)14-7-11(15)4-1-5-11/h2-3,6,14-15H,1,4-5,7H2. The van der Waals surface area contributed by atoms with E-state index in [4.69, 9.17) is 0 Å². The van der Waals surface area contributed by atoms with Crippen LogP contribution in [0, 0.1) is 11.6 Å². The van der Waals surface area contributed by atoms with Crippen molar-refractivity contribution < 1.29 is 13.9 Å². The van der Waals surface area contributed by atoms with Gasteiger partial charge in [0.15, 0.2) is 0 Å². The Morgan fingerprint density at radius 2 is 2.07 bits per heavy atom. The number of rotatable bonds is 3. The fourth-order valence-electron chi connectivity index (χ4n) is 1.65. The molecule has 0 saturated heterocycles. The molecule has 0 atom stereocenters. The first-order valence-electron chi connectivity index (χ1n) is 5.00. The van der Waals surface area contributed by atoms with E-state index in [1.165, 1.54) is 12.1 Å². The molecule has 1 saturated carbocycles. The van der Waals surface area contributed by atoms with Gasteiger partial charge in [-0.25, -0.2) is 8.78 Å². The highest BCUT2D eigenvalue weighted by Crippen LogP contribution is 2.31. The lowest BCUT2D eigenvalue weighted by Crippen LogP contribution is -2.43. The summed E-state index contributed by atoms with van der Waals surface area (Å²) in [7, 11) is 0. The number of hydrogen-bond donors (Lipinski definition) is 2. The minimum Gasteiger partial charge on any atom is -0.388 e.